The number of nitrogens with zero attached hydrogens (tertiary/aromatic N) is 2. The summed E-state index contributed by atoms with van der Waals surface area (Å²) in [5.41, 5.74) is 0.988. The predicted octanol–water partition coefficient (Wildman–Crippen LogP) is 1.59. The van der Waals surface area contributed by atoms with E-state index in [-0.39, 0.29) is 42.2 Å². The number of aryl methyl sites for hydroxylation is 1. The van der Waals surface area contributed by atoms with E-state index in [1.807, 2.05) is 13.8 Å². The van der Waals surface area contributed by atoms with Gasteiger partial charge in [-0.05, 0) is 31.0 Å². The number of benzene rings is 1. The van der Waals surface area contributed by atoms with Crippen molar-refractivity contribution in [2.24, 2.45) is 0 Å². The van der Waals surface area contributed by atoms with Gasteiger partial charge in [0, 0.05) is 45.6 Å². The first-order valence-electron chi connectivity index (χ1n) is 8.95. The van der Waals surface area contributed by atoms with Gasteiger partial charge in [0.1, 0.15) is 5.82 Å². The molecule has 1 saturated heterocycles. The summed E-state index contributed by atoms with van der Waals surface area (Å²) < 4.78 is 14.1. The molecule has 0 unspecified atom stereocenters. The Balaban J connectivity index is 2.00. The molecule has 6 nitrogen and oxygen atoms in total. The molecule has 2 rings (SSSR count). The molecule has 1 aliphatic rings. The van der Waals surface area contributed by atoms with Crippen molar-refractivity contribution in [1.82, 2.24) is 15.1 Å². The third-order valence-corrected chi connectivity index (χ3v) is 4.75. The first-order valence-corrected chi connectivity index (χ1v) is 8.95. The number of piperazine rings is 1. The minimum atomic E-state index is -0.524. The maximum Gasteiger partial charge on any atom is 0.256 e. The topological polar surface area (TPSA) is 69.7 Å². The van der Waals surface area contributed by atoms with Crippen LogP contribution in [0.5, 0.6) is 0 Å². The number of carbonyl (C=O) groups excluding carboxylic acids is 3. The molecular formula is C19H26FN3O3. The van der Waals surface area contributed by atoms with E-state index in [2.05, 4.69) is 5.32 Å². The monoisotopic (exact) mass is 363 g/mol. The van der Waals surface area contributed by atoms with E-state index >= 15 is 0 Å². The van der Waals surface area contributed by atoms with Gasteiger partial charge in [-0.15, -0.1) is 0 Å². The second kappa shape index (κ2) is 8.78. The highest BCUT2D eigenvalue weighted by atomic mass is 19.1. The van der Waals surface area contributed by atoms with Crippen LogP contribution in [0, 0.1) is 5.82 Å². The summed E-state index contributed by atoms with van der Waals surface area (Å²) in [6.45, 7) is 4.89. The van der Waals surface area contributed by atoms with Gasteiger partial charge in [-0.25, -0.2) is 4.39 Å². The summed E-state index contributed by atoms with van der Waals surface area (Å²) in [5, 5.41) is 2.49. The van der Waals surface area contributed by atoms with Crippen LogP contribution in [0.4, 0.5) is 4.39 Å². The van der Waals surface area contributed by atoms with Gasteiger partial charge in [-0.3, -0.25) is 14.4 Å². The highest BCUT2D eigenvalue weighted by Crippen LogP contribution is 2.18. The van der Waals surface area contributed by atoms with E-state index in [0.717, 1.165) is 12.0 Å². The maximum atomic E-state index is 14.1. The van der Waals surface area contributed by atoms with Crippen LogP contribution in [0.15, 0.2) is 18.2 Å². The van der Waals surface area contributed by atoms with Crippen LogP contribution >= 0.6 is 0 Å². The Morgan fingerprint density at radius 3 is 2.58 bits per heavy atom. The fraction of sp³-hybridized carbons (Fsp3) is 0.526. The van der Waals surface area contributed by atoms with Crippen LogP contribution in [-0.4, -0.2) is 60.2 Å². The third kappa shape index (κ3) is 4.59. The van der Waals surface area contributed by atoms with Crippen LogP contribution in [0.3, 0.4) is 0 Å². The molecule has 1 aromatic carbocycles. The van der Waals surface area contributed by atoms with E-state index in [0.29, 0.717) is 19.6 Å². The van der Waals surface area contributed by atoms with Crippen molar-refractivity contribution in [2.45, 2.75) is 39.2 Å². The maximum absolute atomic E-state index is 14.1. The van der Waals surface area contributed by atoms with Crippen molar-refractivity contribution < 1.29 is 18.8 Å². The lowest BCUT2D eigenvalue weighted by atomic mass is 10.1. The first kappa shape index (κ1) is 19.9. The fourth-order valence-electron chi connectivity index (χ4n) is 3.13. The second-order valence-electron chi connectivity index (χ2n) is 6.53. The fourth-order valence-corrected chi connectivity index (χ4v) is 3.13. The summed E-state index contributed by atoms with van der Waals surface area (Å²) in [5.74, 6) is -1.15. The van der Waals surface area contributed by atoms with Crippen LogP contribution < -0.4 is 5.32 Å². The van der Waals surface area contributed by atoms with Gasteiger partial charge < -0.3 is 15.1 Å². The largest absolute Gasteiger partial charge is 0.359 e. The van der Waals surface area contributed by atoms with Gasteiger partial charge in [0.15, 0.2) is 0 Å². The Hall–Kier alpha value is -2.44. The Morgan fingerprint density at radius 1 is 1.23 bits per heavy atom. The smallest absolute Gasteiger partial charge is 0.256 e. The molecule has 0 saturated carbocycles. The summed E-state index contributed by atoms with van der Waals surface area (Å²) in [7, 11) is 1.53. The predicted molar refractivity (Wildman–Crippen MR) is 96.2 cm³/mol. The van der Waals surface area contributed by atoms with Gasteiger partial charge >= 0.3 is 0 Å². The first-order chi connectivity index (χ1) is 12.4. The van der Waals surface area contributed by atoms with E-state index in [9.17, 15) is 18.8 Å². The van der Waals surface area contributed by atoms with E-state index in [1.54, 1.807) is 21.9 Å². The van der Waals surface area contributed by atoms with Crippen LogP contribution in [0.2, 0.25) is 0 Å². The summed E-state index contributed by atoms with van der Waals surface area (Å²) in [4.78, 5) is 39.6. The molecule has 1 atom stereocenters. The Morgan fingerprint density at radius 2 is 1.96 bits per heavy atom. The molecule has 1 fully saturated rings. The molecule has 1 N–H and O–H groups in total. The lowest BCUT2D eigenvalue weighted by Gasteiger charge is -2.40. The average molecular weight is 363 g/mol. The van der Waals surface area contributed by atoms with Crippen molar-refractivity contribution in [1.29, 1.82) is 0 Å². The van der Waals surface area contributed by atoms with Gasteiger partial charge in [-0.1, -0.05) is 13.0 Å². The van der Waals surface area contributed by atoms with E-state index < -0.39 is 5.82 Å². The van der Waals surface area contributed by atoms with Crippen LogP contribution in [0.25, 0.3) is 0 Å². The molecule has 142 valence electrons. The average Bonchev–Trinajstić information content (AvgIpc) is 2.65. The molecule has 0 spiro atoms. The minimum absolute atomic E-state index is 0.0796. The Labute approximate surface area is 153 Å². The Bertz CT molecular complexity index is 693. The highest BCUT2D eigenvalue weighted by molar-refractivity contribution is 5.95. The quantitative estimate of drug-likeness (QED) is 0.864. The molecule has 1 aliphatic heterocycles. The molecule has 0 radical (unpaired) electrons. The highest BCUT2D eigenvalue weighted by Gasteiger charge is 2.31. The number of hydrogen-bond donors (Lipinski definition) is 1. The molecule has 1 heterocycles. The SMILES string of the molecule is CCc1ccc(F)c(C(=O)N2CCN(C(=O)CCC(=O)NC)[C@H](C)C2)c1. The number of amides is 3. The molecule has 0 bridgehead atoms. The molecule has 3 amide bonds. The standard InChI is InChI=1S/C19H26FN3O3/c1-4-14-5-6-16(20)15(11-14)19(26)22-9-10-23(13(2)12-22)18(25)8-7-17(24)21-3/h5-6,11,13H,4,7-10,12H2,1-3H3,(H,21,24)/t13-/m1/s1. The molecular weight excluding hydrogens is 337 g/mol. The summed E-state index contributed by atoms with van der Waals surface area (Å²) in [6.07, 6.45) is 1.02. The zero-order chi connectivity index (χ0) is 19.3. The van der Waals surface area contributed by atoms with Gasteiger partial charge in [0.2, 0.25) is 11.8 Å². The lowest BCUT2D eigenvalue weighted by Crippen LogP contribution is -2.55. The van der Waals surface area contributed by atoms with Crippen molar-refractivity contribution in [3.8, 4) is 0 Å². The van der Waals surface area contributed by atoms with Crippen LogP contribution in [-0.2, 0) is 16.0 Å². The lowest BCUT2D eigenvalue weighted by molar-refractivity contribution is -0.137. The number of rotatable bonds is 5. The van der Waals surface area contributed by atoms with E-state index in [4.69, 9.17) is 0 Å². The molecule has 7 heteroatoms. The van der Waals surface area contributed by atoms with Crippen molar-refractivity contribution in [3.63, 3.8) is 0 Å². The summed E-state index contributed by atoms with van der Waals surface area (Å²) >= 11 is 0. The van der Waals surface area contributed by atoms with E-state index in [1.165, 1.54) is 13.1 Å². The van der Waals surface area contributed by atoms with Gasteiger partial charge in [-0.2, -0.15) is 0 Å². The Kier molecular flexibility index (Phi) is 6.71. The normalized spacial score (nSPS) is 17.2. The van der Waals surface area contributed by atoms with Crippen molar-refractivity contribution >= 4 is 17.7 Å². The zero-order valence-corrected chi connectivity index (χ0v) is 15.5. The molecule has 0 aromatic heterocycles. The molecule has 26 heavy (non-hydrogen) atoms. The number of hydrogen-bond acceptors (Lipinski definition) is 3. The van der Waals surface area contributed by atoms with Crippen molar-refractivity contribution in [3.05, 3.63) is 35.1 Å². The number of nitrogens with one attached hydrogen (secondary N) is 1. The second-order valence-corrected chi connectivity index (χ2v) is 6.53. The number of halogens is 1. The third-order valence-electron chi connectivity index (χ3n) is 4.75. The molecule has 0 aliphatic carbocycles. The number of carbonyl (C=O) groups is 3. The summed E-state index contributed by atoms with van der Waals surface area (Å²) in [6, 6.07) is 4.43. The van der Waals surface area contributed by atoms with Crippen molar-refractivity contribution in [2.75, 3.05) is 26.7 Å². The zero-order valence-electron chi connectivity index (χ0n) is 15.5. The van der Waals surface area contributed by atoms with Gasteiger partial charge in [0.05, 0.1) is 5.56 Å². The minimum Gasteiger partial charge on any atom is -0.359 e. The van der Waals surface area contributed by atoms with Crippen LogP contribution in [0.1, 0.15) is 42.6 Å². The van der Waals surface area contributed by atoms with Gasteiger partial charge in [0.25, 0.3) is 5.91 Å². The molecule has 1 aromatic rings.